The van der Waals surface area contributed by atoms with Gasteiger partial charge in [-0.15, -0.1) is 11.3 Å². The van der Waals surface area contributed by atoms with Gasteiger partial charge in [0.15, 0.2) is 5.78 Å². The van der Waals surface area contributed by atoms with Gasteiger partial charge in [0.2, 0.25) is 0 Å². The van der Waals surface area contributed by atoms with E-state index in [0.29, 0.717) is 0 Å². The molecule has 0 aliphatic rings. The Labute approximate surface area is 105 Å². The van der Waals surface area contributed by atoms with Gasteiger partial charge in [0.05, 0.1) is 4.88 Å². The molecule has 0 bridgehead atoms. The van der Waals surface area contributed by atoms with Crippen molar-refractivity contribution in [3.63, 3.8) is 0 Å². The van der Waals surface area contributed by atoms with Crippen LogP contribution in [0, 0.1) is 6.92 Å². The second kappa shape index (κ2) is 5.46. The predicted octanol–water partition coefficient (Wildman–Crippen LogP) is 3.87. The van der Waals surface area contributed by atoms with Crippen LogP contribution in [-0.4, -0.2) is 5.78 Å². The van der Waals surface area contributed by atoms with Gasteiger partial charge in [0, 0.05) is 18.0 Å². The van der Waals surface area contributed by atoms with Crippen molar-refractivity contribution in [2.75, 3.05) is 5.32 Å². The van der Waals surface area contributed by atoms with Crippen molar-refractivity contribution in [2.24, 2.45) is 0 Å². The quantitative estimate of drug-likeness (QED) is 0.652. The molecule has 1 aromatic carbocycles. The molecule has 2 nitrogen and oxygen atoms in total. The van der Waals surface area contributed by atoms with E-state index in [1.807, 2.05) is 48.7 Å². The molecule has 0 saturated carbocycles. The van der Waals surface area contributed by atoms with Gasteiger partial charge in [-0.2, -0.15) is 0 Å². The molecule has 0 amide bonds. The van der Waals surface area contributed by atoms with Crippen LogP contribution in [0.5, 0.6) is 0 Å². The minimum absolute atomic E-state index is 0.0274. The summed E-state index contributed by atoms with van der Waals surface area (Å²) >= 11 is 1.45. The molecule has 2 aromatic rings. The van der Waals surface area contributed by atoms with E-state index in [1.54, 1.807) is 12.3 Å². The molecule has 1 heterocycles. The van der Waals surface area contributed by atoms with E-state index < -0.39 is 0 Å². The third-order valence-corrected chi connectivity index (χ3v) is 3.18. The topological polar surface area (TPSA) is 29.1 Å². The molecule has 0 saturated heterocycles. The molecule has 0 fully saturated rings. The first kappa shape index (κ1) is 11.6. The molecule has 0 atom stereocenters. The monoisotopic (exact) mass is 243 g/mol. The molecule has 17 heavy (non-hydrogen) atoms. The molecular weight excluding hydrogens is 230 g/mol. The fourth-order valence-corrected chi connectivity index (χ4v) is 2.01. The summed E-state index contributed by atoms with van der Waals surface area (Å²) in [6.07, 6.45) is 3.22. The number of rotatable bonds is 4. The Kier molecular flexibility index (Phi) is 3.73. The molecule has 0 aliphatic heterocycles. The van der Waals surface area contributed by atoms with Gasteiger partial charge in [-0.1, -0.05) is 23.8 Å². The number of aryl methyl sites for hydroxylation is 1. The lowest BCUT2D eigenvalue weighted by atomic mass is 10.2. The summed E-state index contributed by atoms with van der Waals surface area (Å²) in [5.41, 5.74) is 2.19. The Balaban J connectivity index is 1.94. The van der Waals surface area contributed by atoms with Crippen molar-refractivity contribution >= 4 is 22.8 Å². The highest BCUT2D eigenvalue weighted by Gasteiger charge is 2.00. The molecular formula is C14H13NOS. The van der Waals surface area contributed by atoms with Crippen LogP contribution in [0.25, 0.3) is 0 Å². The number of hydrogen-bond donors (Lipinski definition) is 1. The zero-order valence-electron chi connectivity index (χ0n) is 9.51. The third kappa shape index (κ3) is 3.29. The van der Waals surface area contributed by atoms with E-state index in [4.69, 9.17) is 0 Å². The van der Waals surface area contributed by atoms with Gasteiger partial charge in [0.25, 0.3) is 0 Å². The first-order valence-electron chi connectivity index (χ1n) is 5.33. The number of thiophene rings is 1. The molecule has 0 spiro atoms. The summed E-state index contributed by atoms with van der Waals surface area (Å²) in [4.78, 5) is 12.4. The summed E-state index contributed by atoms with van der Waals surface area (Å²) in [5, 5.41) is 4.97. The number of carbonyl (C=O) groups is 1. The molecule has 1 aromatic heterocycles. The number of ketones is 1. The average Bonchev–Trinajstić information content (AvgIpc) is 2.85. The van der Waals surface area contributed by atoms with E-state index in [9.17, 15) is 4.79 Å². The van der Waals surface area contributed by atoms with Gasteiger partial charge in [-0.05, 0) is 30.5 Å². The molecule has 0 radical (unpaired) electrons. The number of anilines is 1. The van der Waals surface area contributed by atoms with Gasteiger partial charge in [-0.3, -0.25) is 4.79 Å². The first-order chi connectivity index (χ1) is 8.25. The van der Waals surface area contributed by atoms with Crippen molar-refractivity contribution in [3.05, 3.63) is 64.5 Å². The van der Waals surface area contributed by atoms with Crippen molar-refractivity contribution in [2.45, 2.75) is 6.92 Å². The Hall–Kier alpha value is -1.87. The van der Waals surface area contributed by atoms with Crippen LogP contribution in [-0.2, 0) is 0 Å². The number of benzene rings is 1. The first-order valence-corrected chi connectivity index (χ1v) is 6.21. The van der Waals surface area contributed by atoms with Crippen LogP contribution in [0.2, 0.25) is 0 Å². The Morgan fingerprint density at radius 1 is 1.24 bits per heavy atom. The Bertz CT molecular complexity index is 512. The smallest absolute Gasteiger partial charge is 0.197 e. The zero-order chi connectivity index (χ0) is 12.1. The fraction of sp³-hybridized carbons (Fsp3) is 0.0714. The van der Waals surface area contributed by atoms with Crippen molar-refractivity contribution in [1.29, 1.82) is 0 Å². The second-order valence-corrected chi connectivity index (χ2v) is 4.63. The number of nitrogens with one attached hydrogen (secondary N) is 1. The lowest BCUT2D eigenvalue weighted by molar-refractivity contribution is 0.105. The van der Waals surface area contributed by atoms with E-state index in [0.717, 1.165) is 10.6 Å². The zero-order valence-corrected chi connectivity index (χ0v) is 10.3. The molecule has 86 valence electrons. The van der Waals surface area contributed by atoms with E-state index in [-0.39, 0.29) is 5.78 Å². The Morgan fingerprint density at radius 2 is 2.00 bits per heavy atom. The van der Waals surface area contributed by atoms with Crippen LogP contribution >= 0.6 is 11.3 Å². The maximum atomic E-state index is 11.6. The second-order valence-electron chi connectivity index (χ2n) is 3.69. The summed E-state index contributed by atoms with van der Waals surface area (Å²) in [6, 6.07) is 11.7. The van der Waals surface area contributed by atoms with Gasteiger partial charge < -0.3 is 5.32 Å². The SMILES string of the molecule is Cc1ccc(N/C=C/C(=O)c2cccs2)cc1. The average molecular weight is 243 g/mol. The summed E-state index contributed by atoms with van der Waals surface area (Å²) in [5.74, 6) is 0.0274. The molecule has 0 aliphatic carbocycles. The summed E-state index contributed by atoms with van der Waals surface area (Å²) in [7, 11) is 0. The van der Waals surface area contributed by atoms with Crippen LogP contribution < -0.4 is 5.32 Å². The van der Waals surface area contributed by atoms with Crippen LogP contribution in [0.4, 0.5) is 5.69 Å². The highest BCUT2D eigenvalue weighted by atomic mass is 32.1. The minimum Gasteiger partial charge on any atom is -0.362 e. The number of hydrogen-bond acceptors (Lipinski definition) is 3. The molecule has 1 N–H and O–H groups in total. The number of carbonyl (C=O) groups excluding carboxylic acids is 1. The highest BCUT2D eigenvalue weighted by molar-refractivity contribution is 7.12. The van der Waals surface area contributed by atoms with E-state index in [2.05, 4.69) is 5.32 Å². The van der Waals surface area contributed by atoms with E-state index in [1.165, 1.54) is 16.9 Å². The van der Waals surface area contributed by atoms with Gasteiger partial charge >= 0.3 is 0 Å². The normalized spacial score (nSPS) is 10.6. The standard InChI is InChI=1S/C14H13NOS/c1-11-4-6-12(7-5-11)15-9-8-13(16)14-3-2-10-17-14/h2-10,15H,1H3/b9-8+. The molecule has 0 unspecified atom stereocenters. The molecule has 3 heteroatoms. The van der Waals surface area contributed by atoms with Crippen LogP contribution in [0.1, 0.15) is 15.2 Å². The summed E-state index contributed by atoms with van der Waals surface area (Å²) < 4.78 is 0. The van der Waals surface area contributed by atoms with Crippen LogP contribution in [0.3, 0.4) is 0 Å². The van der Waals surface area contributed by atoms with Crippen LogP contribution in [0.15, 0.2) is 54.1 Å². The lowest BCUT2D eigenvalue weighted by Gasteiger charge is -2.00. The largest absolute Gasteiger partial charge is 0.362 e. The van der Waals surface area contributed by atoms with Gasteiger partial charge in [-0.25, -0.2) is 0 Å². The van der Waals surface area contributed by atoms with E-state index >= 15 is 0 Å². The Morgan fingerprint density at radius 3 is 2.65 bits per heavy atom. The maximum absolute atomic E-state index is 11.6. The lowest BCUT2D eigenvalue weighted by Crippen LogP contribution is -1.93. The highest BCUT2D eigenvalue weighted by Crippen LogP contribution is 2.11. The minimum atomic E-state index is 0.0274. The number of allylic oxidation sites excluding steroid dienone is 1. The van der Waals surface area contributed by atoms with Crippen molar-refractivity contribution in [1.82, 2.24) is 0 Å². The van der Waals surface area contributed by atoms with Gasteiger partial charge in [0.1, 0.15) is 0 Å². The summed E-state index contributed by atoms with van der Waals surface area (Å²) in [6.45, 7) is 2.04. The van der Waals surface area contributed by atoms with Crippen molar-refractivity contribution in [3.8, 4) is 0 Å². The maximum Gasteiger partial charge on any atom is 0.197 e. The third-order valence-electron chi connectivity index (χ3n) is 2.30. The predicted molar refractivity (Wildman–Crippen MR) is 72.6 cm³/mol. The fourth-order valence-electron chi connectivity index (χ4n) is 1.36. The molecule has 2 rings (SSSR count). The van der Waals surface area contributed by atoms with Crippen molar-refractivity contribution < 1.29 is 4.79 Å².